The quantitative estimate of drug-likeness (QED) is 0.808. The summed E-state index contributed by atoms with van der Waals surface area (Å²) in [5, 5.41) is 0. The minimum absolute atomic E-state index is 0.353. The van der Waals surface area contributed by atoms with Gasteiger partial charge in [0.25, 0.3) is 0 Å². The third-order valence-electron chi connectivity index (χ3n) is 4.12. The molecule has 118 valence electrons. The molecule has 22 heavy (non-hydrogen) atoms. The van der Waals surface area contributed by atoms with Crippen molar-refractivity contribution in [2.45, 2.75) is 39.0 Å². The normalized spacial score (nSPS) is 12.4. The molecule has 1 unspecified atom stereocenters. The van der Waals surface area contributed by atoms with Crippen molar-refractivity contribution in [2.24, 2.45) is 5.73 Å². The van der Waals surface area contributed by atoms with Crippen molar-refractivity contribution in [3.8, 4) is 5.75 Å². The lowest BCUT2D eigenvalue weighted by atomic mass is 9.93. The average molecular weight is 297 g/mol. The molecule has 2 nitrogen and oxygen atoms in total. The van der Waals surface area contributed by atoms with Crippen LogP contribution in [0.25, 0.3) is 0 Å². The van der Waals surface area contributed by atoms with Crippen molar-refractivity contribution in [3.63, 3.8) is 0 Å². The molecule has 2 rings (SSSR count). The molecule has 0 amide bonds. The molecule has 2 aromatic rings. The molecule has 0 aliphatic rings. The van der Waals surface area contributed by atoms with Crippen LogP contribution >= 0.6 is 0 Å². The zero-order chi connectivity index (χ0) is 15.9. The van der Waals surface area contributed by atoms with Crippen molar-refractivity contribution >= 4 is 0 Å². The Morgan fingerprint density at radius 2 is 1.50 bits per heavy atom. The first kappa shape index (κ1) is 16.6. The van der Waals surface area contributed by atoms with E-state index in [4.69, 9.17) is 10.5 Å². The van der Waals surface area contributed by atoms with Gasteiger partial charge in [-0.05, 0) is 55.0 Å². The van der Waals surface area contributed by atoms with E-state index in [2.05, 4.69) is 57.2 Å². The highest BCUT2D eigenvalue weighted by molar-refractivity contribution is 5.28. The van der Waals surface area contributed by atoms with Crippen LogP contribution in [0.1, 0.15) is 48.8 Å². The Balaban J connectivity index is 1.90. The number of benzene rings is 2. The van der Waals surface area contributed by atoms with Crippen molar-refractivity contribution in [2.75, 3.05) is 13.2 Å². The van der Waals surface area contributed by atoms with Gasteiger partial charge in [-0.3, -0.25) is 0 Å². The molecule has 0 aromatic heterocycles. The maximum absolute atomic E-state index is 5.95. The Hall–Kier alpha value is -1.80. The van der Waals surface area contributed by atoms with E-state index in [9.17, 15) is 0 Å². The summed E-state index contributed by atoms with van der Waals surface area (Å²) in [7, 11) is 0. The summed E-state index contributed by atoms with van der Waals surface area (Å²) in [6, 6.07) is 17.0. The molecule has 1 atom stereocenters. The van der Waals surface area contributed by atoms with Crippen molar-refractivity contribution in [3.05, 3.63) is 65.2 Å². The number of aryl methyl sites for hydroxylation is 1. The van der Waals surface area contributed by atoms with E-state index in [1.807, 2.05) is 12.1 Å². The first-order chi connectivity index (χ1) is 10.6. The molecule has 0 bridgehead atoms. The van der Waals surface area contributed by atoms with E-state index in [1.165, 1.54) is 16.7 Å². The summed E-state index contributed by atoms with van der Waals surface area (Å²) in [5.41, 5.74) is 9.87. The summed E-state index contributed by atoms with van der Waals surface area (Å²) >= 11 is 0. The van der Waals surface area contributed by atoms with Gasteiger partial charge in [0, 0.05) is 0 Å². The van der Waals surface area contributed by atoms with Crippen LogP contribution in [0.3, 0.4) is 0 Å². The smallest absolute Gasteiger partial charge is 0.119 e. The Kier molecular flexibility index (Phi) is 6.02. The van der Waals surface area contributed by atoms with E-state index < -0.39 is 0 Å². The minimum Gasteiger partial charge on any atom is -0.494 e. The number of nitrogens with two attached hydrogens (primary N) is 1. The van der Waals surface area contributed by atoms with Crippen LogP contribution in [0.5, 0.6) is 5.75 Å². The van der Waals surface area contributed by atoms with Gasteiger partial charge in [0.2, 0.25) is 0 Å². The van der Waals surface area contributed by atoms with E-state index in [0.717, 1.165) is 12.2 Å². The van der Waals surface area contributed by atoms with Crippen molar-refractivity contribution in [1.29, 1.82) is 0 Å². The average Bonchev–Trinajstić information content (AvgIpc) is 2.53. The second kappa shape index (κ2) is 8.00. The molecule has 2 heteroatoms. The van der Waals surface area contributed by atoms with Crippen LogP contribution in [0.4, 0.5) is 0 Å². The van der Waals surface area contributed by atoms with Gasteiger partial charge in [-0.25, -0.2) is 0 Å². The summed E-state index contributed by atoms with van der Waals surface area (Å²) in [6.07, 6.45) is 0.936. The lowest BCUT2D eigenvalue weighted by Crippen LogP contribution is -2.15. The number of rotatable bonds is 7. The Morgan fingerprint density at radius 1 is 0.909 bits per heavy atom. The third-order valence-corrected chi connectivity index (χ3v) is 4.12. The molecular formula is C20H27NO. The fraction of sp³-hybridized carbons (Fsp3) is 0.400. The first-order valence-corrected chi connectivity index (χ1v) is 8.09. The molecule has 0 heterocycles. The first-order valence-electron chi connectivity index (χ1n) is 8.09. The predicted molar refractivity (Wildman–Crippen MR) is 93.6 cm³/mol. The fourth-order valence-electron chi connectivity index (χ4n) is 2.53. The Labute approximate surface area is 134 Å². The lowest BCUT2D eigenvalue weighted by Gasteiger charge is -2.17. The molecular weight excluding hydrogens is 270 g/mol. The maximum Gasteiger partial charge on any atom is 0.119 e. The predicted octanol–water partition coefficient (Wildman–Crippen LogP) is 4.63. The molecule has 2 N–H and O–H groups in total. The number of hydrogen-bond donors (Lipinski definition) is 1. The van der Waals surface area contributed by atoms with Crippen LogP contribution in [0, 0.1) is 6.92 Å². The van der Waals surface area contributed by atoms with Gasteiger partial charge >= 0.3 is 0 Å². The highest BCUT2D eigenvalue weighted by Crippen LogP contribution is 2.22. The topological polar surface area (TPSA) is 35.2 Å². The van der Waals surface area contributed by atoms with Crippen LogP contribution in [-0.2, 0) is 0 Å². The number of ether oxygens (including phenoxy) is 1. The summed E-state index contributed by atoms with van der Waals surface area (Å²) in [5.74, 6) is 1.85. The molecule has 0 radical (unpaired) electrons. The zero-order valence-corrected chi connectivity index (χ0v) is 13.9. The van der Waals surface area contributed by atoms with E-state index in [-0.39, 0.29) is 0 Å². The summed E-state index contributed by atoms with van der Waals surface area (Å²) < 4.78 is 5.82. The second-order valence-corrected chi connectivity index (χ2v) is 6.20. The van der Waals surface area contributed by atoms with Crippen molar-refractivity contribution < 1.29 is 4.74 Å². The highest BCUT2D eigenvalue weighted by Gasteiger charge is 2.10. The third kappa shape index (κ3) is 4.60. The van der Waals surface area contributed by atoms with E-state index in [1.54, 1.807) is 0 Å². The standard InChI is InChI=1S/C20H27NO/c1-15(2)17-6-8-18(9-7-17)19(14-21)12-13-22-20-10-4-16(3)5-11-20/h4-11,15,19H,12-14,21H2,1-3H3. The highest BCUT2D eigenvalue weighted by atomic mass is 16.5. The summed E-state index contributed by atoms with van der Waals surface area (Å²) in [6.45, 7) is 7.85. The van der Waals surface area contributed by atoms with E-state index >= 15 is 0 Å². The van der Waals surface area contributed by atoms with E-state index in [0.29, 0.717) is 25.0 Å². The van der Waals surface area contributed by atoms with Gasteiger partial charge in [-0.2, -0.15) is 0 Å². The van der Waals surface area contributed by atoms with Crippen LogP contribution in [0.2, 0.25) is 0 Å². The van der Waals surface area contributed by atoms with Gasteiger partial charge in [0.15, 0.2) is 0 Å². The van der Waals surface area contributed by atoms with Gasteiger partial charge in [-0.1, -0.05) is 55.8 Å². The van der Waals surface area contributed by atoms with Gasteiger partial charge < -0.3 is 10.5 Å². The summed E-state index contributed by atoms with van der Waals surface area (Å²) in [4.78, 5) is 0. The molecule has 0 spiro atoms. The molecule has 0 fully saturated rings. The number of hydrogen-bond acceptors (Lipinski definition) is 2. The Bertz CT molecular complexity index is 557. The van der Waals surface area contributed by atoms with Crippen LogP contribution < -0.4 is 10.5 Å². The minimum atomic E-state index is 0.353. The molecule has 0 aliphatic heterocycles. The van der Waals surface area contributed by atoms with Gasteiger partial charge in [0.05, 0.1) is 6.61 Å². The molecule has 2 aromatic carbocycles. The fourth-order valence-corrected chi connectivity index (χ4v) is 2.53. The largest absolute Gasteiger partial charge is 0.494 e. The molecule has 0 saturated carbocycles. The monoisotopic (exact) mass is 297 g/mol. The second-order valence-electron chi connectivity index (χ2n) is 6.20. The van der Waals surface area contributed by atoms with Gasteiger partial charge in [0.1, 0.15) is 5.75 Å². The Morgan fingerprint density at radius 3 is 2.05 bits per heavy atom. The van der Waals surface area contributed by atoms with Crippen molar-refractivity contribution in [1.82, 2.24) is 0 Å². The maximum atomic E-state index is 5.95. The van der Waals surface area contributed by atoms with Gasteiger partial charge in [-0.15, -0.1) is 0 Å². The molecule has 0 aliphatic carbocycles. The van der Waals surface area contributed by atoms with Crippen LogP contribution in [-0.4, -0.2) is 13.2 Å². The van der Waals surface area contributed by atoms with Crippen LogP contribution in [0.15, 0.2) is 48.5 Å². The molecule has 0 saturated heterocycles. The zero-order valence-electron chi connectivity index (χ0n) is 13.9. The lowest BCUT2D eigenvalue weighted by molar-refractivity contribution is 0.298. The SMILES string of the molecule is Cc1ccc(OCCC(CN)c2ccc(C(C)C)cc2)cc1.